The molecule has 0 saturated heterocycles. The Morgan fingerprint density at radius 2 is 1.78 bits per heavy atom. The summed E-state index contributed by atoms with van der Waals surface area (Å²) in [6.07, 6.45) is 0. The molecular formula is C5H15B3O. The highest BCUT2D eigenvalue weighted by molar-refractivity contribution is 6.58. The minimum Gasteiger partial charge on any atom is -0.400 e. The Morgan fingerprint density at radius 3 is 1.89 bits per heavy atom. The molecular weight excluding hydrogens is 108 g/mol. The van der Waals surface area contributed by atoms with Crippen LogP contribution < -0.4 is 0 Å². The van der Waals surface area contributed by atoms with Crippen LogP contribution in [0.2, 0.25) is 0 Å². The summed E-state index contributed by atoms with van der Waals surface area (Å²) in [6.45, 7) is 5.18. The third-order valence-electron chi connectivity index (χ3n) is 0.850. The van der Waals surface area contributed by atoms with Crippen LogP contribution in [0.25, 0.3) is 0 Å². The molecule has 0 rings (SSSR count). The summed E-state index contributed by atoms with van der Waals surface area (Å²) in [7, 11) is 6.24. The summed E-state index contributed by atoms with van der Waals surface area (Å²) < 4.78 is 5.49. The molecule has 0 aromatic rings. The van der Waals surface area contributed by atoms with Gasteiger partial charge in [0, 0.05) is 6.61 Å². The maximum Gasteiger partial charge on any atom is 0.121 e. The first-order chi connectivity index (χ1) is 3.92. The van der Waals surface area contributed by atoms with Crippen molar-refractivity contribution in [1.29, 1.82) is 0 Å². The molecule has 0 radical (unpaired) electrons. The third kappa shape index (κ3) is 8.15. The van der Waals surface area contributed by atoms with E-state index in [0.717, 1.165) is 6.61 Å². The van der Waals surface area contributed by atoms with Crippen molar-refractivity contribution in [3.8, 4) is 0 Å². The Hall–Kier alpha value is 0.155. The van der Waals surface area contributed by atoms with E-state index >= 15 is 0 Å². The summed E-state index contributed by atoms with van der Waals surface area (Å²) >= 11 is 0. The van der Waals surface area contributed by atoms with Crippen LogP contribution in [0.1, 0.15) is 13.8 Å². The number of ether oxygens (including phenoxy) is 1. The highest BCUT2D eigenvalue weighted by atomic mass is 16.5. The molecule has 0 saturated carbocycles. The SMILES string of the molecule is BC(B)(B)OCC(C)C. The molecule has 0 amide bonds. The summed E-state index contributed by atoms with van der Waals surface area (Å²) in [5.74, 6) is 0.643. The van der Waals surface area contributed by atoms with E-state index in [4.69, 9.17) is 4.74 Å². The molecule has 0 fully saturated rings. The quantitative estimate of drug-likeness (QED) is 0.402. The van der Waals surface area contributed by atoms with E-state index in [0.29, 0.717) is 5.92 Å². The van der Waals surface area contributed by atoms with Crippen molar-refractivity contribution in [1.82, 2.24) is 0 Å². The highest BCUT2D eigenvalue weighted by Crippen LogP contribution is 1.98. The van der Waals surface area contributed by atoms with Gasteiger partial charge in [0.1, 0.15) is 23.5 Å². The Bertz CT molecular complexity index is 76.8. The van der Waals surface area contributed by atoms with Crippen LogP contribution in [0.3, 0.4) is 0 Å². The maximum absolute atomic E-state index is 5.49. The Labute approximate surface area is 60.8 Å². The topological polar surface area (TPSA) is 9.23 Å². The van der Waals surface area contributed by atoms with Gasteiger partial charge in [0.15, 0.2) is 0 Å². The van der Waals surface area contributed by atoms with Crippen LogP contribution in [0, 0.1) is 5.92 Å². The predicted molar refractivity (Wildman–Crippen MR) is 49.2 cm³/mol. The molecule has 0 aliphatic rings. The lowest BCUT2D eigenvalue weighted by atomic mass is 9.52. The fraction of sp³-hybridized carbons (Fsp3) is 1.00. The van der Waals surface area contributed by atoms with Crippen LogP contribution in [0.15, 0.2) is 0 Å². The first-order valence-electron chi connectivity index (χ1n) is 3.56. The molecule has 0 aliphatic carbocycles. The first-order valence-corrected chi connectivity index (χ1v) is 3.56. The second-order valence-corrected chi connectivity index (χ2v) is 3.82. The van der Waals surface area contributed by atoms with Crippen molar-refractivity contribution in [3.63, 3.8) is 0 Å². The van der Waals surface area contributed by atoms with Gasteiger partial charge in [-0.15, -0.1) is 0 Å². The van der Waals surface area contributed by atoms with Gasteiger partial charge in [0.05, 0.1) is 0 Å². The van der Waals surface area contributed by atoms with Crippen molar-refractivity contribution in [2.75, 3.05) is 6.61 Å². The summed E-state index contributed by atoms with van der Waals surface area (Å²) in [6, 6.07) is 0. The zero-order valence-electron chi connectivity index (χ0n) is 7.19. The van der Waals surface area contributed by atoms with E-state index in [2.05, 4.69) is 37.4 Å². The number of hydrogen-bond acceptors (Lipinski definition) is 1. The van der Waals surface area contributed by atoms with Crippen molar-refractivity contribution in [3.05, 3.63) is 0 Å². The molecule has 0 spiro atoms. The molecule has 0 atom stereocenters. The van der Waals surface area contributed by atoms with Gasteiger partial charge in [-0.25, -0.2) is 0 Å². The van der Waals surface area contributed by atoms with Crippen LogP contribution in [0.4, 0.5) is 0 Å². The van der Waals surface area contributed by atoms with Crippen LogP contribution in [0.5, 0.6) is 0 Å². The van der Waals surface area contributed by atoms with E-state index in [1.807, 2.05) is 0 Å². The Balaban J connectivity index is 3.28. The summed E-state index contributed by atoms with van der Waals surface area (Å²) in [4.78, 5) is 0. The van der Waals surface area contributed by atoms with Gasteiger partial charge in [-0.3, -0.25) is 0 Å². The lowest BCUT2D eigenvalue weighted by Gasteiger charge is -2.20. The minimum atomic E-state index is 0.0320. The van der Waals surface area contributed by atoms with E-state index in [1.165, 1.54) is 0 Å². The summed E-state index contributed by atoms with van der Waals surface area (Å²) in [5.41, 5.74) is 0. The molecule has 0 bridgehead atoms. The fourth-order valence-corrected chi connectivity index (χ4v) is 0.417. The summed E-state index contributed by atoms with van der Waals surface area (Å²) in [5, 5.41) is 0.0320. The van der Waals surface area contributed by atoms with Gasteiger partial charge in [0.25, 0.3) is 0 Å². The molecule has 0 aliphatic heterocycles. The smallest absolute Gasteiger partial charge is 0.121 e. The zero-order chi connectivity index (χ0) is 7.49. The molecule has 0 unspecified atom stereocenters. The van der Waals surface area contributed by atoms with E-state index in [1.54, 1.807) is 0 Å². The molecule has 0 aromatic heterocycles. The van der Waals surface area contributed by atoms with Crippen molar-refractivity contribution >= 4 is 23.5 Å². The van der Waals surface area contributed by atoms with Gasteiger partial charge in [-0.05, 0) is 11.2 Å². The largest absolute Gasteiger partial charge is 0.400 e. The molecule has 0 aromatic carbocycles. The normalized spacial score (nSPS) is 12.3. The molecule has 0 heterocycles. The standard InChI is InChI=1S/C5H15B3O/c1-4(2)3-9-5(6,7)8/h4H,3,6-8H2,1-2H3. The predicted octanol–water partition coefficient (Wildman–Crippen LogP) is -1.83. The number of rotatable bonds is 3. The van der Waals surface area contributed by atoms with E-state index in [-0.39, 0.29) is 5.30 Å². The van der Waals surface area contributed by atoms with E-state index in [9.17, 15) is 0 Å². The zero-order valence-corrected chi connectivity index (χ0v) is 7.19. The second-order valence-electron chi connectivity index (χ2n) is 3.82. The lowest BCUT2D eigenvalue weighted by Crippen LogP contribution is -2.35. The van der Waals surface area contributed by atoms with Crippen molar-refractivity contribution < 1.29 is 4.74 Å². The average molecular weight is 124 g/mol. The minimum absolute atomic E-state index is 0.0320. The van der Waals surface area contributed by atoms with Crippen LogP contribution in [-0.4, -0.2) is 35.4 Å². The highest BCUT2D eigenvalue weighted by Gasteiger charge is 2.10. The van der Waals surface area contributed by atoms with Gasteiger partial charge in [-0.1, -0.05) is 13.8 Å². The monoisotopic (exact) mass is 124 g/mol. The number of hydrogen-bond donors (Lipinski definition) is 0. The maximum atomic E-state index is 5.49. The van der Waals surface area contributed by atoms with Crippen molar-refractivity contribution in [2.24, 2.45) is 5.92 Å². The molecule has 9 heavy (non-hydrogen) atoms. The Morgan fingerprint density at radius 1 is 1.33 bits per heavy atom. The van der Waals surface area contributed by atoms with Gasteiger partial charge < -0.3 is 4.74 Å². The van der Waals surface area contributed by atoms with Crippen LogP contribution >= 0.6 is 0 Å². The van der Waals surface area contributed by atoms with Gasteiger partial charge in [-0.2, -0.15) is 0 Å². The lowest BCUT2D eigenvalue weighted by molar-refractivity contribution is 0.104. The molecule has 4 heteroatoms. The van der Waals surface area contributed by atoms with E-state index < -0.39 is 0 Å². The van der Waals surface area contributed by atoms with Crippen LogP contribution in [-0.2, 0) is 4.74 Å². The van der Waals surface area contributed by atoms with Gasteiger partial charge in [0.2, 0.25) is 0 Å². The second kappa shape index (κ2) is 3.35. The fourth-order valence-electron chi connectivity index (χ4n) is 0.417. The molecule has 50 valence electrons. The Kier molecular flexibility index (Phi) is 3.41. The third-order valence-corrected chi connectivity index (χ3v) is 0.850. The average Bonchev–Trinajstić information content (AvgIpc) is 1.59. The first kappa shape index (κ1) is 9.15. The molecule has 1 nitrogen and oxygen atoms in total. The van der Waals surface area contributed by atoms with Gasteiger partial charge >= 0.3 is 0 Å². The molecule has 0 N–H and O–H groups in total. The van der Waals surface area contributed by atoms with Crippen molar-refractivity contribution in [2.45, 2.75) is 19.1 Å².